The summed E-state index contributed by atoms with van der Waals surface area (Å²) in [7, 11) is 0. The third kappa shape index (κ3) is 8.63. The molecule has 0 bridgehead atoms. The van der Waals surface area contributed by atoms with E-state index in [1.54, 1.807) is 11.3 Å². The van der Waals surface area contributed by atoms with Gasteiger partial charge in [0.05, 0.1) is 15.9 Å². The maximum atomic E-state index is 6.09. The van der Waals surface area contributed by atoms with Crippen molar-refractivity contribution < 1.29 is 0 Å². The molecule has 1 saturated carbocycles. The van der Waals surface area contributed by atoms with Crippen molar-refractivity contribution in [3.05, 3.63) is 58.1 Å². The van der Waals surface area contributed by atoms with Gasteiger partial charge < -0.3 is 11.1 Å². The number of pyridine rings is 1. The highest BCUT2D eigenvalue weighted by Gasteiger charge is 2.09. The van der Waals surface area contributed by atoms with Gasteiger partial charge >= 0.3 is 0 Å². The highest BCUT2D eigenvalue weighted by molar-refractivity contribution is 7.18. The zero-order valence-electron chi connectivity index (χ0n) is 19.2. The number of thiophene rings is 1. The van der Waals surface area contributed by atoms with Gasteiger partial charge in [0.25, 0.3) is 0 Å². The number of rotatable bonds is 3. The Morgan fingerprint density at radius 1 is 1.07 bits per heavy atom. The van der Waals surface area contributed by atoms with E-state index in [0.717, 1.165) is 22.4 Å². The van der Waals surface area contributed by atoms with Gasteiger partial charge in [0.15, 0.2) is 0 Å². The minimum absolute atomic E-state index is 0.532. The van der Waals surface area contributed by atoms with Gasteiger partial charge in [-0.05, 0) is 36.3 Å². The number of benzene rings is 1. The summed E-state index contributed by atoms with van der Waals surface area (Å²) in [4.78, 5) is 4.39. The first-order valence-electron chi connectivity index (χ1n) is 11.2. The van der Waals surface area contributed by atoms with E-state index < -0.39 is 0 Å². The lowest BCUT2D eigenvalue weighted by atomic mass is 9.97. The Morgan fingerprint density at radius 2 is 1.70 bits per heavy atom. The monoisotopic (exact) mass is 447 g/mol. The number of fused-ring (bicyclic) bond motifs is 1. The normalized spacial score (nSPS) is 13.2. The number of halogens is 1. The third-order valence-electron chi connectivity index (χ3n) is 4.64. The molecule has 3 nitrogen and oxygen atoms in total. The Labute approximate surface area is 192 Å². The molecule has 5 heteroatoms. The van der Waals surface area contributed by atoms with Crippen molar-refractivity contribution >= 4 is 38.8 Å². The molecule has 0 radical (unpaired) electrons. The Balaban J connectivity index is 0.000000343. The van der Waals surface area contributed by atoms with E-state index in [2.05, 4.69) is 34.7 Å². The standard InChI is InChI=1S/C15H13ClN2S.C6H13N.2C2H6/c1-10-9-19-15-12(7-13(16)18-14(10)15)17-8-11-5-3-2-4-6-11;7-6-4-2-1-3-5-6;2*1-2/h2-7,9H,8H2,1H3,(H,17,18);6H,1-5,7H2;2*1-2H3. The molecule has 0 atom stereocenters. The summed E-state index contributed by atoms with van der Waals surface area (Å²) in [5, 5.41) is 6.09. The summed E-state index contributed by atoms with van der Waals surface area (Å²) in [5.74, 6) is 0. The fourth-order valence-electron chi connectivity index (χ4n) is 3.15. The van der Waals surface area contributed by atoms with Crippen LogP contribution in [0.15, 0.2) is 41.8 Å². The van der Waals surface area contributed by atoms with Crippen LogP contribution in [0.4, 0.5) is 5.69 Å². The molecule has 0 aliphatic heterocycles. The van der Waals surface area contributed by atoms with Gasteiger partial charge in [0, 0.05) is 18.7 Å². The van der Waals surface area contributed by atoms with Crippen LogP contribution in [0.2, 0.25) is 5.15 Å². The number of nitrogens with two attached hydrogens (primary N) is 1. The number of nitrogens with one attached hydrogen (secondary N) is 1. The molecule has 3 aromatic rings. The quantitative estimate of drug-likeness (QED) is 0.397. The second-order valence-corrected chi connectivity index (χ2v) is 8.09. The second-order valence-electron chi connectivity index (χ2n) is 6.83. The molecule has 0 amide bonds. The molecule has 0 spiro atoms. The molecular formula is C25H38ClN3S. The number of hydrogen-bond donors (Lipinski definition) is 2. The van der Waals surface area contributed by atoms with Gasteiger partial charge in [0.2, 0.25) is 0 Å². The van der Waals surface area contributed by atoms with Crippen molar-refractivity contribution in [2.45, 2.75) is 79.3 Å². The largest absolute Gasteiger partial charge is 0.380 e. The average Bonchev–Trinajstić information content (AvgIpc) is 3.17. The van der Waals surface area contributed by atoms with Gasteiger partial charge in [-0.3, -0.25) is 0 Å². The van der Waals surface area contributed by atoms with Gasteiger partial charge in [-0.25, -0.2) is 4.98 Å². The average molecular weight is 448 g/mol. The lowest BCUT2D eigenvalue weighted by Crippen LogP contribution is -2.22. The predicted octanol–water partition coefficient (Wildman–Crippen LogP) is 8.20. The van der Waals surface area contributed by atoms with Crippen molar-refractivity contribution in [1.82, 2.24) is 4.98 Å². The number of aromatic nitrogens is 1. The summed E-state index contributed by atoms with van der Waals surface area (Å²) >= 11 is 7.79. The topological polar surface area (TPSA) is 50.9 Å². The maximum Gasteiger partial charge on any atom is 0.131 e. The third-order valence-corrected chi connectivity index (χ3v) is 5.96. The van der Waals surface area contributed by atoms with Crippen LogP contribution in [-0.4, -0.2) is 11.0 Å². The van der Waals surface area contributed by atoms with E-state index in [4.69, 9.17) is 17.3 Å². The van der Waals surface area contributed by atoms with Gasteiger partial charge in [-0.2, -0.15) is 0 Å². The summed E-state index contributed by atoms with van der Waals surface area (Å²) in [6.45, 7) is 10.8. The van der Waals surface area contributed by atoms with Crippen LogP contribution < -0.4 is 11.1 Å². The molecule has 1 aromatic carbocycles. The van der Waals surface area contributed by atoms with E-state index in [0.29, 0.717) is 11.2 Å². The molecule has 166 valence electrons. The molecule has 1 fully saturated rings. The molecule has 0 unspecified atom stereocenters. The van der Waals surface area contributed by atoms with Crippen molar-refractivity contribution in [2.75, 3.05) is 5.32 Å². The Hall–Kier alpha value is -1.62. The molecule has 2 heterocycles. The molecule has 30 heavy (non-hydrogen) atoms. The number of aryl methyl sites for hydroxylation is 1. The Morgan fingerprint density at radius 3 is 2.27 bits per heavy atom. The first-order chi connectivity index (χ1) is 14.6. The second kappa shape index (κ2) is 15.2. The van der Waals surface area contributed by atoms with E-state index in [1.807, 2.05) is 52.0 Å². The van der Waals surface area contributed by atoms with Crippen LogP contribution in [0.1, 0.15) is 70.9 Å². The number of hydrogen-bond acceptors (Lipinski definition) is 4. The number of nitrogens with zero attached hydrogens (tertiary/aromatic N) is 1. The predicted molar refractivity (Wildman–Crippen MR) is 137 cm³/mol. The lowest BCUT2D eigenvalue weighted by Gasteiger charge is -2.15. The maximum absolute atomic E-state index is 6.09. The minimum atomic E-state index is 0.532. The van der Waals surface area contributed by atoms with Crippen molar-refractivity contribution in [1.29, 1.82) is 0 Å². The van der Waals surface area contributed by atoms with E-state index in [9.17, 15) is 0 Å². The summed E-state index contributed by atoms with van der Waals surface area (Å²) in [6, 6.07) is 12.7. The fraction of sp³-hybridized carbons (Fsp3) is 0.480. The van der Waals surface area contributed by atoms with E-state index in [1.165, 1.54) is 43.2 Å². The van der Waals surface area contributed by atoms with Crippen LogP contribution in [0.25, 0.3) is 10.2 Å². The summed E-state index contributed by atoms with van der Waals surface area (Å²) in [6.07, 6.45) is 6.66. The van der Waals surface area contributed by atoms with Crippen molar-refractivity contribution in [3.8, 4) is 0 Å². The van der Waals surface area contributed by atoms with E-state index >= 15 is 0 Å². The number of anilines is 1. The van der Waals surface area contributed by atoms with E-state index in [-0.39, 0.29) is 0 Å². The molecular weight excluding hydrogens is 410 g/mol. The summed E-state index contributed by atoms with van der Waals surface area (Å²) in [5.41, 5.74) is 10.1. The smallest absolute Gasteiger partial charge is 0.131 e. The first kappa shape index (κ1) is 26.4. The van der Waals surface area contributed by atoms with Gasteiger partial charge in [-0.15, -0.1) is 11.3 Å². The Bertz CT molecular complexity index is 827. The highest BCUT2D eigenvalue weighted by Crippen LogP contribution is 2.32. The SMILES string of the molecule is CC.CC.Cc1csc2c(NCc3ccccc3)cc(Cl)nc12.NC1CCCCC1. The highest BCUT2D eigenvalue weighted by atomic mass is 35.5. The van der Waals surface area contributed by atoms with Crippen molar-refractivity contribution in [2.24, 2.45) is 5.73 Å². The van der Waals surface area contributed by atoms with Crippen LogP contribution in [-0.2, 0) is 6.54 Å². The van der Waals surface area contributed by atoms with Crippen LogP contribution in [0.3, 0.4) is 0 Å². The minimum Gasteiger partial charge on any atom is -0.380 e. The van der Waals surface area contributed by atoms with Crippen LogP contribution in [0, 0.1) is 6.92 Å². The molecule has 1 aliphatic carbocycles. The zero-order chi connectivity index (χ0) is 22.4. The van der Waals surface area contributed by atoms with Crippen LogP contribution in [0.5, 0.6) is 0 Å². The zero-order valence-corrected chi connectivity index (χ0v) is 20.7. The summed E-state index contributed by atoms with van der Waals surface area (Å²) < 4.78 is 1.16. The lowest BCUT2D eigenvalue weighted by molar-refractivity contribution is 0.441. The molecule has 1 aliphatic rings. The van der Waals surface area contributed by atoms with Crippen LogP contribution >= 0.6 is 22.9 Å². The molecule has 2 aromatic heterocycles. The Kier molecular flexibility index (Phi) is 13.4. The van der Waals surface area contributed by atoms with Gasteiger partial charge in [-0.1, -0.05) is 88.9 Å². The molecule has 4 rings (SSSR count). The first-order valence-corrected chi connectivity index (χ1v) is 12.5. The molecule has 3 N–H and O–H groups in total. The van der Waals surface area contributed by atoms with Crippen molar-refractivity contribution in [3.63, 3.8) is 0 Å². The molecule has 0 saturated heterocycles. The van der Waals surface area contributed by atoms with Gasteiger partial charge in [0.1, 0.15) is 5.15 Å². The fourth-order valence-corrected chi connectivity index (χ4v) is 4.33.